The first-order valence-electron chi connectivity index (χ1n) is 7.16. The van der Waals surface area contributed by atoms with E-state index >= 15 is 0 Å². The van der Waals surface area contributed by atoms with Crippen molar-refractivity contribution in [1.82, 2.24) is 4.90 Å². The van der Waals surface area contributed by atoms with Crippen LogP contribution in [0.4, 0.5) is 0 Å². The fraction of sp³-hybridized carbons (Fsp3) is 0.667. The molecule has 1 aromatic heterocycles. The molecule has 4 heteroatoms. The van der Waals surface area contributed by atoms with Gasteiger partial charge < -0.3 is 10.6 Å². The van der Waals surface area contributed by atoms with Crippen molar-refractivity contribution in [3.8, 4) is 0 Å². The molecule has 1 fully saturated rings. The highest BCUT2D eigenvalue weighted by molar-refractivity contribution is 7.12. The topological polar surface area (TPSA) is 46.3 Å². The first-order valence-corrected chi connectivity index (χ1v) is 7.98. The van der Waals surface area contributed by atoms with Gasteiger partial charge in [-0.2, -0.15) is 0 Å². The lowest BCUT2D eigenvalue weighted by Crippen LogP contribution is -2.49. The maximum Gasteiger partial charge on any atom is 0.223 e. The van der Waals surface area contributed by atoms with Crippen LogP contribution < -0.4 is 5.73 Å². The van der Waals surface area contributed by atoms with Crippen molar-refractivity contribution in [3.05, 3.63) is 21.9 Å². The van der Waals surface area contributed by atoms with Gasteiger partial charge in [-0.1, -0.05) is 20.8 Å². The van der Waals surface area contributed by atoms with Gasteiger partial charge in [0, 0.05) is 28.8 Å². The molecule has 0 bridgehead atoms. The van der Waals surface area contributed by atoms with Crippen LogP contribution in [0.2, 0.25) is 0 Å². The molecule has 1 saturated heterocycles. The zero-order valence-electron chi connectivity index (χ0n) is 12.1. The molecule has 1 aliphatic rings. The molecule has 2 rings (SSSR count). The number of rotatable bonds is 4. The highest BCUT2D eigenvalue weighted by Crippen LogP contribution is 2.35. The molecular weight excluding hydrogens is 256 g/mol. The summed E-state index contributed by atoms with van der Waals surface area (Å²) in [5, 5.41) is 0. The van der Waals surface area contributed by atoms with Crippen LogP contribution >= 0.6 is 11.3 Å². The van der Waals surface area contributed by atoms with Crippen molar-refractivity contribution in [2.45, 2.75) is 52.1 Å². The standard InChI is InChI=1S/C15H24N2OS/c1-4-11-5-7-13(19-11)15-12(16)6-8-14(18)17(15)9-10(2)3/h5,7,10,12,15H,4,6,8-9,16H2,1-3H3. The minimum absolute atomic E-state index is 0.0693. The van der Waals surface area contributed by atoms with Gasteiger partial charge in [0.05, 0.1) is 6.04 Å². The quantitative estimate of drug-likeness (QED) is 0.921. The molecule has 2 atom stereocenters. The van der Waals surface area contributed by atoms with E-state index in [1.165, 1.54) is 9.75 Å². The molecule has 2 N–H and O–H groups in total. The van der Waals surface area contributed by atoms with E-state index in [1.807, 2.05) is 4.90 Å². The van der Waals surface area contributed by atoms with Crippen LogP contribution in [0.5, 0.6) is 0 Å². The highest BCUT2D eigenvalue weighted by Gasteiger charge is 2.35. The van der Waals surface area contributed by atoms with Gasteiger partial charge >= 0.3 is 0 Å². The Morgan fingerprint density at radius 2 is 2.21 bits per heavy atom. The van der Waals surface area contributed by atoms with E-state index in [0.29, 0.717) is 12.3 Å². The SMILES string of the molecule is CCc1ccc(C2C(N)CCC(=O)N2CC(C)C)s1. The van der Waals surface area contributed by atoms with Crippen LogP contribution in [0.25, 0.3) is 0 Å². The average Bonchev–Trinajstić information content (AvgIpc) is 2.82. The molecule has 0 aliphatic carbocycles. The summed E-state index contributed by atoms with van der Waals surface area (Å²) >= 11 is 1.80. The van der Waals surface area contributed by atoms with Crippen LogP contribution in [0, 0.1) is 5.92 Å². The monoisotopic (exact) mass is 280 g/mol. The fourth-order valence-electron chi connectivity index (χ4n) is 2.69. The summed E-state index contributed by atoms with van der Waals surface area (Å²) in [5.74, 6) is 0.731. The Morgan fingerprint density at radius 1 is 1.47 bits per heavy atom. The fourth-order valence-corrected chi connectivity index (χ4v) is 3.84. The number of nitrogens with zero attached hydrogens (tertiary/aromatic N) is 1. The Hall–Kier alpha value is -0.870. The smallest absolute Gasteiger partial charge is 0.223 e. The predicted molar refractivity (Wildman–Crippen MR) is 80.2 cm³/mol. The third-order valence-electron chi connectivity index (χ3n) is 3.64. The molecule has 3 nitrogen and oxygen atoms in total. The number of likely N-dealkylation sites (tertiary alicyclic amines) is 1. The summed E-state index contributed by atoms with van der Waals surface area (Å²) in [4.78, 5) is 16.8. The van der Waals surface area contributed by atoms with E-state index in [2.05, 4.69) is 32.9 Å². The van der Waals surface area contributed by atoms with E-state index in [-0.39, 0.29) is 18.0 Å². The number of piperidine rings is 1. The number of aryl methyl sites for hydroxylation is 1. The third kappa shape index (κ3) is 3.18. The highest BCUT2D eigenvalue weighted by atomic mass is 32.1. The molecular formula is C15H24N2OS. The van der Waals surface area contributed by atoms with Gasteiger partial charge in [-0.15, -0.1) is 11.3 Å². The number of hydrogen-bond donors (Lipinski definition) is 1. The summed E-state index contributed by atoms with van der Waals surface area (Å²) in [6, 6.07) is 4.47. The molecule has 2 unspecified atom stereocenters. The normalized spacial score (nSPS) is 24.3. The van der Waals surface area contributed by atoms with Gasteiger partial charge in [-0.3, -0.25) is 4.79 Å². The van der Waals surface area contributed by atoms with Crippen LogP contribution in [0.15, 0.2) is 12.1 Å². The largest absolute Gasteiger partial charge is 0.333 e. The maximum absolute atomic E-state index is 12.2. The zero-order chi connectivity index (χ0) is 14.0. The van der Waals surface area contributed by atoms with E-state index < -0.39 is 0 Å². The minimum Gasteiger partial charge on any atom is -0.333 e. The Balaban J connectivity index is 2.27. The van der Waals surface area contributed by atoms with Crippen molar-refractivity contribution < 1.29 is 4.79 Å². The predicted octanol–water partition coefficient (Wildman–Crippen LogP) is 2.96. The van der Waals surface area contributed by atoms with E-state index in [9.17, 15) is 4.79 Å². The van der Waals surface area contributed by atoms with Gasteiger partial charge in [0.1, 0.15) is 0 Å². The minimum atomic E-state index is 0.0693. The number of hydrogen-bond acceptors (Lipinski definition) is 3. The summed E-state index contributed by atoms with van der Waals surface area (Å²) < 4.78 is 0. The Bertz CT molecular complexity index is 441. The molecule has 0 spiro atoms. The first-order chi connectivity index (χ1) is 9.02. The lowest BCUT2D eigenvalue weighted by atomic mass is 9.94. The van der Waals surface area contributed by atoms with Crippen LogP contribution in [-0.4, -0.2) is 23.4 Å². The summed E-state index contributed by atoms with van der Waals surface area (Å²) in [6.07, 6.45) is 2.44. The lowest BCUT2D eigenvalue weighted by Gasteiger charge is -2.40. The van der Waals surface area contributed by atoms with Crippen LogP contribution in [-0.2, 0) is 11.2 Å². The van der Waals surface area contributed by atoms with Gasteiger partial charge in [0.2, 0.25) is 5.91 Å². The Morgan fingerprint density at radius 3 is 2.79 bits per heavy atom. The molecule has 0 aromatic carbocycles. The second-order valence-corrected chi connectivity index (χ2v) is 6.94. The molecule has 0 radical (unpaired) electrons. The summed E-state index contributed by atoms with van der Waals surface area (Å²) in [7, 11) is 0. The number of carbonyl (C=O) groups is 1. The van der Waals surface area contributed by atoms with E-state index in [4.69, 9.17) is 5.73 Å². The van der Waals surface area contributed by atoms with Crippen LogP contribution in [0.3, 0.4) is 0 Å². The number of carbonyl (C=O) groups excluding carboxylic acids is 1. The maximum atomic E-state index is 12.2. The molecule has 2 heterocycles. The molecule has 106 valence electrons. The number of amides is 1. The van der Waals surface area contributed by atoms with Gasteiger partial charge in [-0.05, 0) is 30.9 Å². The average molecular weight is 280 g/mol. The van der Waals surface area contributed by atoms with Crippen LogP contribution in [0.1, 0.15) is 49.4 Å². The van der Waals surface area contributed by atoms with Gasteiger partial charge in [-0.25, -0.2) is 0 Å². The van der Waals surface area contributed by atoms with Gasteiger partial charge in [0.15, 0.2) is 0 Å². The zero-order valence-corrected chi connectivity index (χ0v) is 12.9. The molecule has 0 saturated carbocycles. The lowest BCUT2D eigenvalue weighted by molar-refractivity contribution is -0.137. The van der Waals surface area contributed by atoms with Crippen molar-refractivity contribution in [1.29, 1.82) is 0 Å². The second kappa shape index (κ2) is 6.06. The van der Waals surface area contributed by atoms with Gasteiger partial charge in [0.25, 0.3) is 0 Å². The Labute approximate surface area is 119 Å². The molecule has 19 heavy (non-hydrogen) atoms. The van der Waals surface area contributed by atoms with Crippen molar-refractivity contribution in [2.75, 3.05) is 6.54 Å². The number of nitrogens with two attached hydrogens (primary N) is 1. The molecule has 1 amide bonds. The first kappa shape index (κ1) is 14.5. The summed E-state index contributed by atoms with van der Waals surface area (Å²) in [5.41, 5.74) is 6.30. The van der Waals surface area contributed by atoms with Crippen molar-refractivity contribution in [3.63, 3.8) is 0 Å². The molecule has 1 aromatic rings. The summed E-state index contributed by atoms with van der Waals surface area (Å²) in [6.45, 7) is 7.26. The van der Waals surface area contributed by atoms with E-state index in [0.717, 1.165) is 19.4 Å². The molecule has 1 aliphatic heterocycles. The third-order valence-corrected chi connectivity index (χ3v) is 4.94. The van der Waals surface area contributed by atoms with Crippen molar-refractivity contribution in [2.24, 2.45) is 11.7 Å². The van der Waals surface area contributed by atoms with E-state index in [1.54, 1.807) is 11.3 Å². The number of thiophene rings is 1. The Kier molecular flexibility index (Phi) is 4.63. The van der Waals surface area contributed by atoms with Crippen molar-refractivity contribution >= 4 is 17.2 Å². The second-order valence-electron chi connectivity index (χ2n) is 5.74.